The standard InChI is InChI=1S/C15H16ClNOS/c1-2-17-14(11-4-6-19-9-11)13-8-12(16)7-10-3-5-18-15(10)13/h4,6-9,14,17H,2-3,5H2,1H3. The number of halogens is 1. The smallest absolute Gasteiger partial charge is 0.127 e. The van der Waals surface area contributed by atoms with Gasteiger partial charge < -0.3 is 10.1 Å². The first-order valence-electron chi connectivity index (χ1n) is 6.50. The number of benzene rings is 1. The molecule has 0 radical (unpaired) electrons. The van der Waals surface area contributed by atoms with Gasteiger partial charge in [-0.1, -0.05) is 18.5 Å². The summed E-state index contributed by atoms with van der Waals surface area (Å²) in [7, 11) is 0. The lowest BCUT2D eigenvalue weighted by atomic mass is 9.97. The van der Waals surface area contributed by atoms with Gasteiger partial charge in [-0.25, -0.2) is 0 Å². The summed E-state index contributed by atoms with van der Waals surface area (Å²) in [6.45, 7) is 3.78. The van der Waals surface area contributed by atoms with E-state index >= 15 is 0 Å². The summed E-state index contributed by atoms with van der Waals surface area (Å²) in [5.41, 5.74) is 3.65. The van der Waals surface area contributed by atoms with Crippen molar-refractivity contribution in [2.45, 2.75) is 19.4 Å². The Hall–Kier alpha value is -1.03. The molecule has 0 spiro atoms. The molecule has 0 fully saturated rings. The molecule has 1 atom stereocenters. The van der Waals surface area contributed by atoms with Crippen LogP contribution in [-0.2, 0) is 6.42 Å². The van der Waals surface area contributed by atoms with Crippen molar-refractivity contribution < 1.29 is 4.74 Å². The molecule has 0 bridgehead atoms. The quantitative estimate of drug-likeness (QED) is 0.919. The van der Waals surface area contributed by atoms with Crippen molar-refractivity contribution in [3.8, 4) is 5.75 Å². The summed E-state index contributed by atoms with van der Waals surface area (Å²) in [5, 5.41) is 8.59. The van der Waals surface area contributed by atoms with Gasteiger partial charge in [-0.2, -0.15) is 11.3 Å². The molecule has 3 rings (SSSR count). The molecule has 0 amide bonds. The Bertz CT molecular complexity index is 568. The molecule has 4 heteroatoms. The van der Waals surface area contributed by atoms with Gasteiger partial charge in [0.1, 0.15) is 5.75 Å². The highest BCUT2D eigenvalue weighted by Crippen LogP contribution is 2.38. The fourth-order valence-corrected chi connectivity index (χ4v) is 3.50. The van der Waals surface area contributed by atoms with Gasteiger partial charge in [-0.15, -0.1) is 0 Å². The third kappa shape index (κ3) is 2.50. The maximum absolute atomic E-state index is 6.25. The van der Waals surface area contributed by atoms with Crippen molar-refractivity contribution in [1.29, 1.82) is 0 Å². The van der Waals surface area contributed by atoms with E-state index in [0.717, 1.165) is 35.9 Å². The number of rotatable bonds is 4. The average molecular weight is 294 g/mol. The number of fused-ring (bicyclic) bond motifs is 1. The second kappa shape index (κ2) is 5.53. The minimum absolute atomic E-state index is 0.154. The Morgan fingerprint density at radius 1 is 1.47 bits per heavy atom. The van der Waals surface area contributed by atoms with E-state index in [-0.39, 0.29) is 6.04 Å². The predicted octanol–water partition coefficient (Wildman–Crippen LogP) is 4.04. The van der Waals surface area contributed by atoms with Gasteiger partial charge in [0.2, 0.25) is 0 Å². The van der Waals surface area contributed by atoms with Crippen LogP contribution in [0.5, 0.6) is 5.75 Å². The Kier molecular flexibility index (Phi) is 3.78. The second-order valence-electron chi connectivity index (χ2n) is 4.63. The van der Waals surface area contributed by atoms with Crippen LogP contribution in [0.25, 0.3) is 0 Å². The van der Waals surface area contributed by atoms with Crippen LogP contribution in [0.1, 0.15) is 29.7 Å². The SMILES string of the molecule is CCNC(c1ccsc1)c1cc(Cl)cc2c1OCC2. The van der Waals surface area contributed by atoms with E-state index in [1.807, 2.05) is 12.1 Å². The predicted molar refractivity (Wildman–Crippen MR) is 80.5 cm³/mol. The van der Waals surface area contributed by atoms with E-state index in [4.69, 9.17) is 16.3 Å². The molecule has 0 saturated heterocycles. The van der Waals surface area contributed by atoms with Crippen molar-refractivity contribution >= 4 is 22.9 Å². The Labute approximate surface area is 122 Å². The van der Waals surface area contributed by atoms with E-state index in [0.29, 0.717) is 0 Å². The molecule has 19 heavy (non-hydrogen) atoms. The van der Waals surface area contributed by atoms with Gasteiger partial charge in [0.05, 0.1) is 12.6 Å². The minimum atomic E-state index is 0.154. The van der Waals surface area contributed by atoms with Crippen molar-refractivity contribution in [2.24, 2.45) is 0 Å². The molecular weight excluding hydrogens is 278 g/mol. The average Bonchev–Trinajstić information content (AvgIpc) is 3.05. The fraction of sp³-hybridized carbons (Fsp3) is 0.333. The maximum atomic E-state index is 6.25. The third-order valence-corrected chi connectivity index (χ3v) is 4.29. The molecule has 100 valence electrons. The van der Waals surface area contributed by atoms with Crippen LogP contribution in [-0.4, -0.2) is 13.2 Å². The lowest BCUT2D eigenvalue weighted by Crippen LogP contribution is -2.22. The largest absolute Gasteiger partial charge is 0.493 e. The Balaban J connectivity index is 2.08. The van der Waals surface area contributed by atoms with Gasteiger partial charge in [0.25, 0.3) is 0 Å². The van der Waals surface area contributed by atoms with Crippen molar-refractivity contribution in [3.05, 3.63) is 50.7 Å². The fourth-order valence-electron chi connectivity index (χ4n) is 2.56. The number of nitrogens with one attached hydrogen (secondary N) is 1. The van der Waals surface area contributed by atoms with E-state index in [2.05, 4.69) is 29.1 Å². The Morgan fingerprint density at radius 2 is 2.37 bits per heavy atom. The zero-order valence-electron chi connectivity index (χ0n) is 10.8. The first-order valence-corrected chi connectivity index (χ1v) is 7.82. The van der Waals surface area contributed by atoms with Crippen LogP contribution >= 0.6 is 22.9 Å². The normalized spacial score (nSPS) is 15.1. The lowest BCUT2D eigenvalue weighted by molar-refractivity contribution is 0.350. The number of thiophene rings is 1. The van der Waals surface area contributed by atoms with Crippen LogP contribution in [0.4, 0.5) is 0 Å². The van der Waals surface area contributed by atoms with Crippen LogP contribution in [0, 0.1) is 0 Å². The Morgan fingerprint density at radius 3 is 3.11 bits per heavy atom. The molecule has 1 aromatic carbocycles. The lowest BCUT2D eigenvalue weighted by Gasteiger charge is -2.20. The molecule has 2 aromatic rings. The summed E-state index contributed by atoms with van der Waals surface area (Å²) in [6.07, 6.45) is 0.950. The van der Waals surface area contributed by atoms with Crippen molar-refractivity contribution in [2.75, 3.05) is 13.2 Å². The first kappa shape index (κ1) is 13.0. The maximum Gasteiger partial charge on any atom is 0.127 e. The van der Waals surface area contributed by atoms with E-state index in [1.165, 1.54) is 11.1 Å². The van der Waals surface area contributed by atoms with E-state index in [9.17, 15) is 0 Å². The highest BCUT2D eigenvalue weighted by atomic mass is 35.5. The number of hydrogen-bond donors (Lipinski definition) is 1. The molecule has 1 aromatic heterocycles. The monoisotopic (exact) mass is 293 g/mol. The third-order valence-electron chi connectivity index (χ3n) is 3.37. The van der Waals surface area contributed by atoms with Gasteiger partial charge >= 0.3 is 0 Å². The van der Waals surface area contributed by atoms with Crippen LogP contribution < -0.4 is 10.1 Å². The van der Waals surface area contributed by atoms with E-state index in [1.54, 1.807) is 11.3 Å². The summed E-state index contributed by atoms with van der Waals surface area (Å²) >= 11 is 7.97. The number of hydrogen-bond acceptors (Lipinski definition) is 3. The van der Waals surface area contributed by atoms with Gasteiger partial charge in [0.15, 0.2) is 0 Å². The molecule has 0 aliphatic carbocycles. The van der Waals surface area contributed by atoms with Gasteiger partial charge in [-0.3, -0.25) is 0 Å². The van der Waals surface area contributed by atoms with Crippen molar-refractivity contribution in [1.82, 2.24) is 5.32 Å². The number of ether oxygens (including phenoxy) is 1. The molecule has 2 heterocycles. The summed E-state index contributed by atoms with van der Waals surface area (Å²) < 4.78 is 5.81. The summed E-state index contributed by atoms with van der Waals surface area (Å²) in [4.78, 5) is 0. The molecule has 2 nitrogen and oxygen atoms in total. The topological polar surface area (TPSA) is 21.3 Å². The molecule has 1 aliphatic rings. The van der Waals surface area contributed by atoms with Crippen molar-refractivity contribution in [3.63, 3.8) is 0 Å². The first-order chi connectivity index (χ1) is 9.29. The summed E-state index contributed by atoms with van der Waals surface area (Å²) in [5.74, 6) is 1.02. The second-order valence-corrected chi connectivity index (χ2v) is 5.85. The minimum Gasteiger partial charge on any atom is -0.493 e. The molecule has 0 saturated carbocycles. The summed E-state index contributed by atoms with van der Waals surface area (Å²) in [6, 6.07) is 6.35. The van der Waals surface area contributed by atoms with Crippen LogP contribution in [0.15, 0.2) is 29.0 Å². The molecule has 1 unspecified atom stereocenters. The van der Waals surface area contributed by atoms with Gasteiger partial charge in [0, 0.05) is 17.0 Å². The van der Waals surface area contributed by atoms with Gasteiger partial charge in [-0.05, 0) is 46.6 Å². The highest BCUT2D eigenvalue weighted by Gasteiger charge is 2.24. The highest BCUT2D eigenvalue weighted by molar-refractivity contribution is 7.08. The zero-order chi connectivity index (χ0) is 13.2. The molecular formula is C15H16ClNOS. The molecule has 1 aliphatic heterocycles. The van der Waals surface area contributed by atoms with E-state index < -0.39 is 0 Å². The van der Waals surface area contributed by atoms with Crippen LogP contribution in [0.2, 0.25) is 5.02 Å². The van der Waals surface area contributed by atoms with Crippen LogP contribution in [0.3, 0.4) is 0 Å². The zero-order valence-corrected chi connectivity index (χ0v) is 12.4. The molecule has 1 N–H and O–H groups in total.